The Balaban J connectivity index is 1.64. The van der Waals surface area contributed by atoms with E-state index in [-0.39, 0.29) is 0 Å². The third kappa shape index (κ3) is 3.90. The molecule has 2 heterocycles. The lowest BCUT2D eigenvalue weighted by Gasteiger charge is -2.33. The summed E-state index contributed by atoms with van der Waals surface area (Å²) < 4.78 is 0. The van der Waals surface area contributed by atoms with Crippen molar-refractivity contribution in [3.05, 3.63) is 0 Å². The highest BCUT2D eigenvalue weighted by molar-refractivity contribution is 6.17. The molecule has 2 fully saturated rings. The zero-order chi connectivity index (χ0) is 11.2. The third-order valence-electron chi connectivity index (χ3n) is 4.05. The summed E-state index contributed by atoms with van der Waals surface area (Å²) in [4.78, 5) is 5.27. The van der Waals surface area contributed by atoms with Crippen molar-refractivity contribution in [3.63, 3.8) is 0 Å². The zero-order valence-electron chi connectivity index (χ0n) is 10.3. The highest BCUT2D eigenvalue weighted by Gasteiger charge is 2.20. The van der Waals surface area contributed by atoms with Gasteiger partial charge in [0, 0.05) is 25.5 Å². The molecule has 2 aliphatic rings. The molecule has 0 N–H and O–H groups in total. The van der Waals surface area contributed by atoms with Gasteiger partial charge in [-0.2, -0.15) is 0 Å². The van der Waals surface area contributed by atoms with E-state index in [0.717, 1.165) is 11.8 Å². The largest absolute Gasteiger partial charge is 0.302 e. The molecule has 2 nitrogen and oxygen atoms in total. The Morgan fingerprint density at radius 2 is 1.62 bits per heavy atom. The van der Waals surface area contributed by atoms with E-state index < -0.39 is 0 Å². The van der Waals surface area contributed by atoms with Gasteiger partial charge in [0.1, 0.15) is 0 Å². The van der Waals surface area contributed by atoms with Crippen LogP contribution in [0.25, 0.3) is 0 Å². The maximum atomic E-state index is 5.84. The van der Waals surface area contributed by atoms with Gasteiger partial charge in [0.25, 0.3) is 0 Å². The SMILES string of the molecule is ClCCC1CCCN(CCN2CCCC2)C1. The second-order valence-electron chi connectivity index (χ2n) is 5.34. The Kier molecular flexibility index (Phi) is 5.40. The highest BCUT2D eigenvalue weighted by atomic mass is 35.5. The van der Waals surface area contributed by atoms with Crippen molar-refractivity contribution in [2.24, 2.45) is 5.92 Å². The molecule has 0 aromatic carbocycles. The van der Waals surface area contributed by atoms with E-state index in [1.165, 1.54) is 71.4 Å². The lowest BCUT2D eigenvalue weighted by Crippen LogP contribution is -2.40. The van der Waals surface area contributed by atoms with Crippen molar-refractivity contribution in [2.45, 2.75) is 32.1 Å². The Labute approximate surface area is 105 Å². The van der Waals surface area contributed by atoms with E-state index in [1.807, 2.05) is 0 Å². The van der Waals surface area contributed by atoms with Gasteiger partial charge >= 0.3 is 0 Å². The lowest BCUT2D eigenvalue weighted by atomic mass is 9.95. The van der Waals surface area contributed by atoms with Crippen LogP contribution in [0.3, 0.4) is 0 Å². The number of halogens is 1. The maximum Gasteiger partial charge on any atom is 0.0226 e. The smallest absolute Gasteiger partial charge is 0.0226 e. The van der Waals surface area contributed by atoms with Crippen LogP contribution in [-0.2, 0) is 0 Å². The normalized spacial score (nSPS) is 28.7. The summed E-state index contributed by atoms with van der Waals surface area (Å²) in [6.07, 6.45) is 6.81. The number of piperidine rings is 1. The van der Waals surface area contributed by atoms with Crippen molar-refractivity contribution in [2.75, 3.05) is 45.1 Å². The van der Waals surface area contributed by atoms with Crippen LogP contribution in [0, 0.1) is 5.92 Å². The quantitative estimate of drug-likeness (QED) is 0.686. The number of hydrogen-bond donors (Lipinski definition) is 0. The van der Waals surface area contributed by atoms with E-state index in [0.29, 0.717) is 0 Å². The van der Waals surface area contributed by atoms with E-state index >= 15 is 0 Å². The fraction of sp³-hybridized carbons (Fsp3) is 1.00. The highest BCUT2D eigenvalue weighted by Crippen LogP contribution is 2.20. The molecule has 0 aliphatic carbocycles. The van der Waals surface area contributed by atoms with Crippen molar-refractivity contribution >= 4 is 11.6 Å². The van der Waals surface area contributed by atoms with Gasteiger partial charge in [-0.05, 0) is 57.7 Å². The molecule has 0 saturated carbocycles. The lowest BCUT2D eigenvalue weighted by molar-refractivity contribution is 0.154. The van der Waals surface area contributed by atoms with E-state index in [1.54, 1.807) is 0 Å². The molecular formula is C13H25ClN2. The van der Waals surface area contributed by atoms with E-state index in [9.17, 15) is 0 Å². The first-order chi connectivity index (χ1) is 7.88. The summed E-state index contributed by atoms with van der Waals surface area (Å²) in [7, 11) is 0. The van der Waals surface area contributed by atoms with Gasteiger partial charge in [0.05, 0.1) is 0 Å². The Hall–Kier alpha value is 0.210. The van der Waals surface area contributed by atoms with Crippen LogP contribution >= 0.6 is 11.6 Å². The standard InChI is InChI=1S/C13H25ClN2/c14-6-5-13-4-3-9-16(12-13)11-10-15-7-1-2-8-15/h13H,1-12H2. The van der Waals surface area contributed by atoms with Crippen molar-refractivity contribution in [3.8, 4) is 0 Å². The Bertz CT molecular complexity index is 190. The average Bonchev–Trinajstić information content (AvgIpc) is 2.80. The average molecular weight is 245 g/mol. The molecule has 0 radical (unpaired) electrons. The van der Waals surface area contributed by atoms with Crippen LogP contribution in [0.1, 0.15) is 32.1 Å². The second kappa shape index (κ2) is 6.83. The summed E-state index contributed by atoms with van der Waals surface area (Å²) in [5, 5.41) is 0. The van der Waals surface area contributed by atoms with Crippen LogP contribution in [0.4, 0.5) is 0 Å². The molecule has 0 spiro atoms. The van der Waals surface area contributed by atoms with Crippen LogP contribution in [0.15, 0.2) is 0 Å². The molecule has 0 aromatic heterocycles. The Morgan fingerprint density at radius 3 is 2.38 bits per heavy atom. The molecule has 1 atom stereocenters. The van der Waals surface area contributed by atoms with Gasteiger partial charge in [0.15, 0.2) is 0 Å². The van der Waals surface area contributed by atoms with Crippen LogP contribution in [0.5, 0.6) is 0 Å². The van der Waals surface area contributed by atoms with Gasteiger partial charge in [0.2, 0.25) is 0 Å². The minimum absolute atomic E-state index is 0.838. The monoisotopic (exact) mass is 244 g/mol. The van der Waals surface area contributed by atoms with Crippen molar-refractivity contribution in [1.29, 1.82) is 0 Å². The topological polar surface area (TPSA) is 6.48 Å². The van der Waals surface area contributed by atoms with Crippen LogP contribution in [-0.4, -0.2) is 54.9 Å². The van der Waals surface area contributed by atoms with E-state index in [2.05, 4.69) is 9.80 Å². The van der Waals surface area contributed by atoms with Crippen LogP contribution in [0.2, 0.25) is 0 Å². The van der Waals surface area contributed by atoms with Gasteiger partial charge in [-0.15, -0.1) is 11.6 Å². The predicted octanol–water partition coefficient (Wildman–Crippen LogP) is 2.42. The van der Waals surface area contributed by atoms with Crippen LogP contribution < -0.4 is 0 Å². The number of nitrogens with zero attached hydrogens (tertiary/aromatic N) is 2. The van der Waals surface area contributed by atoms with Crippen molar-refractivity contribution < 1.29 is 0 Å². The summed E-state index contributed by atoms with van der Waals surface area (Å²) in [5.41, 5.74) is 0. The fourth-order valence-corrected chi connectivity index (χ4v) is 3.34. The molecule has 2 aliphatic heterocycles. The number of rotatable bonds is 5. The zero-order valence-corrected chi connectivity index (χ0v) is 11.1. The molecule has 94 valence electrons. The molecule has 16 heavy (non-hydrogen) atoms. The first-order valence-corrected chi connectivity index (χ1v) is 7.42. The fourth-order valence-electron chi connectivity index (χ4n) is 3.03. The predicted molar refractivity (Wildman–Crippen MR) is 70.2 cm³/mol. The Morgan fingerprint density at radius 1 is 0.938 bits per heavy atom. The number of likely N-dealkylation sites (tertiary alicyclic amines) is 2. The summed E-state index contributed by atoms with van der Waals surface area (Å²) in [6, 6.07) is 0. The number of hydrogen-bond acceptors (Lipinski definition) is 2. The number of alkyl halides is 1. The summed E-state index contributed by atoms with van der Waals surface area (Å²) >= 11 is 5.84. The van der Waals surface area contributed by atoms with Gasteiger partial charge in [-0.3, -0.25) is 0 Å². The second-order valence-corrected chi connectivity index (χ2v) is 5.71. The summed E-state index contributed by atoms with van der Waals surface area (Å²) in [5.74, 6) is 1.70. The van der Waals surface area contributed by atoms with Gasteiger partial charge in [-0.1, -0.05) is 0 Å². The minimum Gasteiger partial charge on any atom is -0.302 e. The third-order valence-corrected chi connectivity index (χ3v) is 4.27. The maximum absolute atomic E-state index is 5.84. The molecule has 2 saturated heterocycles. The van der Waals surface area contributed by atoms with Gasteiger partial charge in [-0.25, -0.2) is 0 Å². The van der Waals surface area contributed by atoms with E-state index in [4.69, 9.17) is 11.6 Å². The van der Waals surface area contributed by atoms with Crippen molar-refractivity contribution in [1.82, 2.24) is 9.80 Å². The molecule has 2 rings (SSSR count). The minimum atomic E-state index is 0.838. The molecule has 0 amide bonds. The van der Waals surface area contributed by atoms with Gasteiger partial charge < -0.3 is 9.80 Å². The molecule has 3 heteroatoms. The summed E-state index contributed by atoms with van der Waals surface area (Å²) in [6.45, 7) is 7.83. The first kappa shape index (κ1) is 12.7. The molecule has 1 unspecified atom stereocenters. The first-order valence-electron chi connectivity index (χ1n) is 6.89. The molecule has 0 aromatic rings. The molecule has 0 bridgehead atoms. The molecular weight excluding hydrogens is 220 g/mol.